The van der Waals surface area contributed by atoms with E-state index in [0.717, 1.165) is 34.8 Å². The number of rotatable bonds is 18. The SMILES string of the molecule is C=CC(=O)OCCOC(C)COc1ccc(C(C)(C)c2ccc(OCC(C)OCCOC(=O)C=C)cc2)cc1. The largest absolute Gasteiger partial charge is 0.491 e. The van der Waals surface area contributed by atoms with Gasteiger partial charge >= 0.3 is 11.9 Å². The van der Waals surface area contributed by atoms with Crippen molar-refractivity contribution >= 4 is 11.9 Å². The molecule has 0 aliphatic heterocycles. The Kier molecular flexibility index (Phi) is 13.3. The van der Waals surface area contributed by atoms with Gasteiger partial charge in [-0.2, -0.15) is 0 Å². The summed E-state index contributed by atoms with van der Waals surface area (Å²) < 4.78 is 32.7. The van der Waals surface area contributed by atoms with Crippen LogP contribution >= 0.6 is 0 Å². The molecule has 2 rings (SSSR count). The van der Waals surface area contributed by atoms with Gasteiger partial charge in [0, 0.05) is 17.6 Å². The molecule has 0 saturated heterocycles. The number of hydrogen-bond donors (Lipinski definition) is 0. The van der Waals surface area contributed by atoms with E-state index in [4.69, 9.17) is 28.4 Å². The van der Waals surface area contributed by atoms with Crippen LogP contribution < -0.4 is 9.47 Å². The second-order valence-electron chi connectivity index (χ2n) is 9.40. The van der Waals surface area contributed by atoms with Crippen LogP contribution in [0.2, 0.25) is 0 Å². The molecule has 0 amide bonds. The van der Waals surface area contributed by atoms with E-state index in [0.29, 0.717) is 26.4 Å². The van der Waals surface area contributed by atoms with Gasteiger partial charge in [0.05, 0.1) is 25.4 Å². The summed E-state index contributed by atoms with van der Waals surface area (Å²) in [5, 5.41) is 0. The lowest BCUT2D eigenvalue weighted by Gasteiger charge is -2.26. The molecule has 2 atom stereocenters. The van der Waals surface area contributed by atoms with E-state index in [1.54, 1.807) is 0 Å². The molecule has 8 heteroatoms. The third kappa shape index (κ3) is 11.3. The quantitative estimate of drug-likeness (QED) is 0.148. The summed E-state index contributed by atoms with van der Waals surface area (Å²) in [5.41, 5.74) is 2.07. The first-order valence-corrected chi connectivity index (χ1v) is 12.9. The van der Waals surface area contributed by atoms with E-state index in [1.807, 2.05) is 38.1 Å². The topological polar surface area (TPSA) is 89.5 Å². The molecule has 0 radical (unpaired) electrons. The Hall–Kier alpha value is -3.62. The maximum atomic E-state index is 11.0. The molecule has 0 heterocycles. The molecule has 212 valence electrons. The van der Waals surface area contributed by atoms with Crippen LogP contribution in [-0.4, -0.2) is 63.8 Å². The zero-order valence-corrected chi connectivity index (χ0v) is 23.4. The molecule has 0 spiro atoms. The maximum absolute atomic E-state index is 11.0. The van der Waals surface area contributed by atoms with Crippen molar-refractivity contribution in [3.8, 4) is 11.5 Å². The molecule has 0 aliphatic carbocycles. The highest BCUT2D eigenvalue weighted by Crippen LogP contribution is 2.33. The highest BCUT2D eigenvalue weighted by Gasteiger charge is 2.23. The first kappa shape index (κ1) is 31.6. The van der Waals surface area contributed by atoms with Gasteiger partial charge in [-0.05, 0) is 49.2 Å². The van der Waals surface area contributed by atoms with Crippen LogP contribution in [0.5, 0.6) is 11.5 Å². The number of benzene rings is 2. The minimum Gasteiger partial charge on any atom is -0.491 e. The lowest BCUT2D eigenvalue weighted by atomic mass is 9.78. The van der Waals surface area contributed by atoms with E-state index in [1.165, 1.54) is 0 Å². The Morgan fingerprint density at radius 1 is 0.692 bits per heavy atom. The molecule has 2 aromatic rings. The Morgan fingerprint density at radius 3 is 1.38 bits per heavy atom. The minimum atomic E-state index is -0.464. The highest BCUT2D eigenvalue weighted by molar-refractivity contribution is 5.81. The van der Waals surface area contributed by atoms with E-state index in [-0.39, 0.29) is 30.8 Å². The highest BCUT2D eigenvalue weighted by atomic mass is 16.6. The van der Waals surface area contributed by atoms with Crippen LogP contribution in [0.15, 0.2) is 73.8 Å². The molecule has 39 heavy (non-hydrogen) atoms. The van der Waals surface area contributed by atoms with Gasteiger partial charge in [-0.3, -0.25) is 0 Å². The van der Waals surface area contributed by atoms with Crippen molar-refractivity contribution in [2.75, 3.05) is 39.6 Å². The molecule has 8 nitrogen and oxygen atoms in total. The van der Waals surface area contributed by atoms with Crippen LogP contribution in [0, 0.1) is 0 Å². The average Bonchev–Trinajstić information content (AvgIpc) is 2.95. The summed E-state index contributed by atoms with van der Waals surface area (Å²) in [5.74, 6) is 0.575. The maximum Gasteiger partial charge on any atom is 0.330 e. The van der Waals surface area contributed by atoms with Gasteiger partial charge in [0.25, 0.3) is 0 Å². The number of ether oxygens (including phenoxy) is 6. The Bertz CT molecular complexity index is 960. The Labute approximate surface area is 231 Å². The van der Waals surface area contributed by atoms with Gasteiger partial charge < -0.3 is 28.4 Å². The van der Waals surface area contributed by atoms with Crippen LogP contribution in [0.1, 0.15) is 38.8 Å². The van der Waals surface area contributed by atoms with Crippen molar-refractivity contribution in [1.29, 1.82) is 0 Å². The van der Waals surface area contributed by atoms with Crippen molar-refractivity contribution in [2.24, 2.45) is 0 Å². The van der Waals surface area contributed by atoms with Crippen molar-refractivity contribution in [1.82, 2.24) is 0 Å². The second kappa shape index (κ2) is 16.4. The van der Waals surface area contributed by atoms with Gasteiger partial charge in [0.15, 0.2) is 0 Å². The summed E-state index contributed by atoms with van der Waals surface area (Å²) in [6.07, 6.45) is 1.94. The second-order valence-corrected chi connectivity index (χ2v) is 9.40. The lowest BCUT2D eigenvalue weighted by molar-refractivity contribution is -0.140. The monoisotopic (exact) mass is 540 g/mol. The minimum absolute atomic E-state index is 0.152. The summed E-state index contributed by atoms with van der Waals surface area (Å²) in [6, 6.07) is 16.0. The summed E-state index contributed by atoms with van der Waals surface area (Å²) in [6.45, 7) is 16.5. The number of esters is 2. The molecule has 0 aliphatic rings. The zero-order valence-electron chi connectivity index (χ0n) is 23.4. The van der Waals surface area contributed by atoms with Crippen LogP contribution in [0.25, 0.3) is 0 Å². The molecular formula is C31H40O8. The first-order valence-electron chi connectivity index (χ1n) is 12.9. The zero-order chi connectivity index (χ0) is 28.7. The fourth-order valence-corrected chi connectivity index (χ4v) is 3.53. The van der Waals surface area contributed by atoms with Crippen molar-refractivity contribution in [3.63, 3.8) is 0 Å². The molecule has 2 unspecified atom stereocenters. The Morgan fingerprint density at radius 2 is 1.05 bits per heavy atom. The average molecular weight is 541 g/mol. The third-order valence-corrected chi connectivity index (χ3v) is 5.91. The molecule has 0 bridgehead atoms. The van der Waals surface area contributed by atoms with Crippen molar-refractivity contribution in [3.05, 3.63) is 85.0 Å². The van der Waals surface area contributed by atoms with E-state index in [2.05, 4.69) is 51.3 Å². The van der Waals surface area contributed by atoms with Gasteiger partial charge in [-0.15, -0.1) is 0 Å². The predicted molar refractivity (Wildman–Crippen MR) is 149 cm³/mol. The molecule has 0 saturated carbocycles. The number of carbonyl (C=O) groups is 2. The normalized spacial score (nSPS) is 12.6. The van der Waals surface area contributed by atoms with E-state index < -0.39 is 11.9 Å². The van der Waals surface area contributed by atoms with Crippen molar-refractivity contribution in [2.45, 2.75) is 45.3 Å². The third-order valence-electron chi connectivity index (χ3n) is 5.91. The van der Waals surface area contributed by atoms with Crippen molar-refractivity contribution < 1.29 is 38.0 Å². The molecular weight excluding hydrogens is 500 g/mol. The fourth-order valence-electron chi connectivity index (χ4n) is 3.53. The van der Waals surface area contributed by atoms with Gasteiger partial charge in [0.2, 0.25) is 0 Å². The molecule has 0 aromatic heterocycles. The molecule has 0 fully saturated rings. The van der Waals surface area contributed by atoms with Crippen LogP contribution in [-0.2, 0) is 34.0 Å². The summed E-state index contributed by atoms with van der Waals surface area (Å²) in [7, 11) is 0. The van der Waals surface area contributed by atoms with E-state index in [9.17, 15) is 9.59 Å². The first-order chi connectivity index (χ1) is 18.6. The predicted octanol–water partition coefficient (Wildman–Crippen LogP) is 5.04. The van der Waals surface area contributed by atoms with E-state index >= 15 is 0 Å². The Balaban J connectivity index is 1.79. The smallest absolute Gasteiger partial charge is 0.330 e. The standard InChI is InChI=1S/C31H40O8/c1-7-29(32)36-19-17-34-23(3)21-38-27-13-9-25(10-14-27)31(5,6)26-11-15-28(16-12-26)39-22-24(4)35-18-20-37-30(33)8-2/h7-16,23-24H,1-2,17-22H2,3-6H3. The van der Waals surface area contributed by atoms with Gasteiger partial charge in [-0.25, -0.2) is 9.59 Å². The molecule has 0 N–H and O–H groups in total. The lowest BCUT2D eigenvalue weighted by Crippen LogP contribution is -2.21. The summed E-state index contributed by atoms with van der Waals surface area (Å²) in [4.78, 5) is 22.1. The fraction of sp³-hybridized carbons (Fsp3) is 0.419. The number of carbonyl (C=O) groups excluding carboxylic acids is 2. The summed E-state index contributed by atoms with van der Waals surface area (Å²) >= 11 is 0. The van der Waals surface area contributed by atoms with Crippen LogP contribution in [0.4, 0.5) is 0 Å². The van der Waals surface area contributed by atoms with Gasteiger partial charge in [-0.1, -0.05) is 51.3 Å². The molecule has 2 aromatic carbocycles. The number of hydrogen-bond acceptors (Lipinski definition) is 8. The van der Waals surface area contributed by atoms with Crippen LogP contribution in [0.3, 0.4) is 0 Å². The van der Waals surface area contributed by atoms with Gasteiger partial charge in [0.1, 0.15) is 37.9 Å².